The highest BCUT2D eigenvalue weighted by Gasteiger charge is 2.19. The molecule has 0 bridgehead atoms. The summed E-state index contributed by atoms with van der Waals surface area (Å²) in [6, 6.07) is 107. The molecule has 0 aliphatic carbocycles. The Morgan fingerprint density at radius 3 is 1.14 bits per heavy atom. The molecule has 5 heteroatoms. The van der Waals surface area contributed by atoms with Gasteiger partial charge in [0.05, 0.1) is 33.1 Å². The van der Waals surface area contributed by atoms with E-state index in [1.54, 1.807) is 0 Å². The van der Waals surface area contributed by atoms with Crippen molar-refractivity contribution in [1.82, 2.24) is 18.7 Å². The van der Waals surface area contributed by atoms with Gasteiger partial charge in [-0.1, -0.05) is 182 Å². The van der Waals surface area contributed by atoms with Crippen LogP contribution in [0.2, 0.25) is 0 Å². The molecule has 0 saturated carbocycles. The van der Waals surface area contributed by atoms with E-state index >= 15 is 0 Å². The Hall–Kier alpha value is -10.5. The lowest BCUT2D eigenvalue weighted by Gasteiger charge is -2.26. The maximum atomic E-state index is 5.18. The molecule has 0 fully saturated rings. The fourth-order valence-corrected chi connectivity index (χ4v) is 11.8. The molecule has 0 aliphatic heterocycles. The first-order valence-corrected chi connectivity index (χ1v) is 26.6. The van der Waals surface area contributed by atoms with Gasteiger partial charge in [-0.15, -0.1) is 0 Å². The van der Waals surface area contributed by atoms with E-state index in [1.165, 1.54) is 49.2 Å². The Morgan fingerprint density at radius 1 is 0.231 bits per heavy atom. The number of imidazole rings is 1. The molecule has 366 valence electrons. The van der Waals surface area contributed by atoms with Gasteiger partial charge in [0.15, 0.2) is 0 Å². The Bertz CT molecular complexity index is 4630. The minimum Gasteiger partial charge on any atom is -0.311 e. The first-order valence-electron chi connectivity index (χ1n) is 26.6. The third-order valence-electron chi connectivity index (χ3n) is 15.5. The fourth-order valence-electron chi connectivity index (χ4n) is 11.8. The minimum atomic E-state index is 0.913. The molecule has 0 radical (unpaired) electrons. The third-order valence-corrected chi connectivity index (χ3v) is 15.5. The van der Waals surface area contributed by atoms with Crippen LogP contribution in [0.5, 0.6) is 0 Å². The molecule has 0 N–H and O–H groups in total. The Labute approximate surface area is 452 Å². The molecule has 0 atom stereocenters. The van der Waals surface area contributed by atoms with Crippen molar-refractivity contribution in [1.29, 1.82) is 0 Å². The van der Waals surface area contributed by atoms with E-state index < -0.39 is 0 Å². The number of hydrogen-bond acceptors (Lipinski definition) is 2. The van der Waals surface area contributed by atoms with Crippen molar-refractivity contribution in [2.24, 2.45) is 0 Å². The third kappa shape index (κ3) is 7.67. The summed E-state index contributed by atoms with van der Waals surface area (Å²) in [5, 5.41) is 5.01. The van der Waals surface area contributed by atoms with Crippen molar-refractivity contribution in [2.45, 2.75) is 0 Å². The molecule has 15 aromatic rings. The number of nitrogens with zero attached hydrogens (tertiary/aromatic N) is 5. The van der Waals surface area contributed by atoms with Crippen molar-refractivity contribution in [3.8, 4) is 61.8 Å². The average Bonchev–Trinajstić information content (AvgIpc) is 4.35. The second kappa shape index (κ2) is 18.7. The molecule has 0 saturated heterocycles. The van der Waals surface area contributed by atoms with Crippen molar-refractivity contribution in [3.63, 3.8) is 0 Å². The van der Waals surface area contributed by atoms with Crippen LogP contribution in [-0.2, 0) is 0 Å². The summed E-state index contributed by atoms with van der Waals surface area (Å²) in [6.45, 7) is 0. The number of anilines is 3. The molecule has 0 spiro atoms. The van der Waals surface area contributed by atoms with Gasteiger partial charge in [-0.05, 0) is 149 Å². The number of benzene rings is 12. The molecule has 5 nitrogen and oxygen atoms in total. The molecular formula is C73H49N5. The van der Waals surface area contributed by atoms with E-state index in [0.717, 1.165) is 84.4 Å². The maximum absolute atomic E-state index is 5.18. The van der Waals surface area contributed by atoms with Gasteiger partial charge < -0.3 is 14.0 Å². The number of aromatic nitrogens is 4. The van der Waals surface area contributed by atoms with E-state index in [1.807, 2.05) is 0 Å². The largest absolute Gasteiger partial charge is 0.311 e. The van der Waals surface area contributed by atoms with Crippen LogP contribution in [0.1, 0.15) is 0 Å². The van der Waals surface area contributed by atoms with Gasteiger partial charge in [0.1, 0.15) is 5.82 Å². The van der Waals surface area contributed by atoms with Crippen LogP contribution in [0.25, 0.3) is 116 Å². The average molecular weight is 996 g/mol. The summed E-state index contributed by atoms with van der Waals surface area (Å²) >= 11 is 0. The molecule has 12 aromatic carbocycles. The summed E-state index contributed by atoms with van der Waals surface area (Å²) in [5.74, 6) is 0.913. The van der Waals surface area contributed by atoms with Crippen LogP contribution in [-0.4, -0.2) is 18.7 Å². The highest BCUT2D eigenvalue weighted by Crippen LogP contribution is 2.41. The van der Waals surface area contributed by atoms with Crippen LogP contribution < -0.4 is 4.90 Å². The van der Waals surface area contributed by atoms with Crippen LogP contribution in [0, 0.1) is 0 Å². The van der Waals surface area contributed by atoms with Gasteiger partial charge in [-0.3, -0.25) is 4.57 Å². The van der Waals surface area contributed by atoms with Crippen LogP contribution in [0.15, 0.2) is 297 Å². The molecular weight excluding hydrogens is 947 g/mol. The highest BCUT2D eigenvalue weighted by molar-refractivity contribution is 6.11. The predicted molar refractivity (Wildman–Crippen MR) is 326 cm³/mol. The van der Waals surface area contributed by atoms with Gasteiger partial charge in [0.25, 0.3) is 0 Å². The molecule has 0 unspecified atom stereocenters. The lowest BCUT2D eigenvalue weighted by atomic mass is 10.0. The monoisotopic (exact) mass is 995 g/mol. The van der Waals surface area contributed by atoms with Crippen molar-refractivity contribution >= 4 is 71.7 Å². The molecule has 15 rings (SSSR count). The number of hydrogen-bond donors (Lipinski definition) is 0. The highest BCUT2D eigenvalue weighted by atomic mass is 15.1. The Kier molecular flexibility index (Phi) is 10.8. The van der Waals surface area contributed by atoms with Crippen LogP contribution in [0.4, 0.5) is 17.1 Å². The van der Waals surface area contributed by atoms with Gasteiger partial charge in [-0.2, -0.15) is 0 Å². The van der Waals surface area contributed by atoms with E-state index in [9.17, 15) is 0 Å². The Morgan fingerprint density at radius 2 is 0.603 bits per heavy atom. The number of para-hydroxylation sites is 7. The molecule has 78 heavy (non-hydrogen) atoms. The zero-order valence-electron chi connectivity index (χ0n) is 42.5. The van der Waals surface area contributed by atoms with E-state index in [4.69, 9.17) is 4.98 Å². The summed E-state index contributed by atoms with van der Waals surface area (Å²) in [4.78, 5) is 7.54. The maximum Gasteiger partial charge on any atom is 0.145 e. The van der Waals surface area contributed by atoms with Gasteiger partial charge in [-0.25, -0.2) is 4.98 Å². The van der Waals surface area contributed by atoms with Crippen molar-refractivity contribution in [3.05, 3.63) is 297 Å². The quantitative estimate of drug-likeness (QED) is 0.137. The second-order valence-corrected chi connectivity index (χ2v) is 20.0. The molecule has 3 aromatic heterocycles. The van der Waals surface area contributed by atoms with E-state index in [-0.39, 0.29) is 0 Å². The summed E-state index contributed by atoms with van der Waals surface area (Å²) in [5.41, 5.74) is 21.4. The molecule has 3 heterocycles. The fraction of sp³-hybridized carbons (Fsp3) is 0. The van der Waals surface area contributed by atoms with Gasteiger partial charge in [0.2, 0.25) is 0 Å². The second-order valence-electron chi connectivity index (χ2n) is 20.0. The van der Waals surface area contributed by atoms with E-state index in [2.05, 4.69) is 316 Å². The zero-order chi connectivity index (χ0) is 51.5. The topological polar surface area (TPSA) is 30.9 Å². The van der Waals surface area contributed by atoms with Gasteiger partial charge in [0, 0.05) is 61.2 Å². The number of rotatable bonds is 10. The SMILES string of the molecule is c1ccc(-n2c(-c3cccc(-c4ccc(N(c5ccc(-c6ccc(-n7c8ccccc8c8ccccc87)cc6)cc5)c5ccc(-c6ccc7c8ccccc8n(-c8ccccc8)c7c6)cc5)cc4)c3)nc3ccccc32)cc1. The van der Waals surface area contributed by atoms with Gasteiger partial charge >= 0.3 is 0 Å². The summed E-state index contributed by atoms with van der Waals surface area (Å²) < 4.78 is 7.01. The predicted octanol–water partition coefficient (Wildman–Crippen LogP) is 19.4. The lowest BCUT2D eigenvalue weighted by Crippen LogP contribution is -2.09. The van der Waals surface area contributed by atoms with Crippen LogP contribution >= 0.6 is 0 Å². The molecule has 0 aliphatic rings. The smallest absolute Gasteiger partial charge is 0.145 e. The first-order chi connectivity index (χ1) is 38.7. The van der Waals surface area contributed by atoms with Crippen molar-refractivity contribution in [2.75, 3.05) is 4.90 Å². The minimum absolute atomic E-state index is 0.913. The lowest BCUT2D eigenvalue weighted by molar-refractivity contribution is 1.10. The molecule has 0 amide bonds. The zero-order valence-corrected chi connectivity index (χ0v) is 42.5. The Balaban J connectivity index is 0.789. The normalized spacial score (nSPS) is 11.6. The van der Waals surface area contributed by atoms with Crippen LogP contribution in [0.3, 0.4) is 0 Å². The summed E-state index contributed by atoms with van der Waals surface area (Å²) in [6.07, 6.45) is 0. The summed E-state index contributed by atoms with van der Waals surface area (Å²) in [7, 11) is 0. The van der Waals surface area contributed by atoms with Crippen molar-refractivity contribution < 1.29 is 0 Å². The standard InChI is InChI=1S/C73H49N5/c1-3-18-57(19-4-1)77-70-28-13-9-24-65(70)66-47-38-55(49-72(66)77)53-36-43-61(44-37-53)75(59-39-30-50(31-40-59)51-32-45-62(46-33-51)76-68-26-11-7-22-63(68)64-23-8-12-27-69(64)76)60-41-34-52(35-42-60)54-16-15-17-56(48-54)73-74-67-25-10-14-29-71(67)78(73)58-20-5-2-6-21-58/h1-49H. The van der Waals surface area contributed by atoms with E-state index in [0.29, 0.717) is 0 Å². The number of fused-ring (bicyclic) bond motifs is 7. The first kappa shape index (κ1) is 44.9.